The number of halogens is 2. The van der Waals surface area contributed by atoms with Crippen LogP contribution >= 0.6 is 0 Å². The van der Waals surface area contributed by atoms with Crippen LogP contribution in [-0.4, -0.2) is 4.92 Å². The van der Waals surface area contributed by atoms with Crippen LogP contribution in [0.5, 0.6) is 0 Å². The van der Waals surface area contributed by atoms with Crippen molar-refractivity contribution in [3.63, 3.8) is 0 Å². The van der Waals surface area contributed by atoms with E-state index >= 15 is 0 Å². The summed E-state index contributed by atoms with van der Waals surface area (Å²) in [5.41, 5.74) is 0.480. The molecule has 6 heteroatoms. The summed E-state index contributed by atoms with van der Waals surface area (Å²) in [6.45, 7) is 1.67. The Morgan fingerprint density at radius 1 is 1.20 bits per heavy atom. The highest BCUT2D eigenvalue weighted by Crippen LogP contribution is 2.28. The van der Waals surface area contributed by atoms with Crippen LogP contribution in [0.4, 0.5) is 20.2 Å². The highest BCUT2D eigenvalue weighted by Gasteiger charge is 2.18. The van der Waals surface area contributed by atoms with Crippen LogP contribution < -0.4 is 5.32 Å². The van der Waals surface area contributed by atoms with Gasteiger partial charge in [0.05, 0.1) is 22.2 Å². The molecule has 0 aliphatic rings. The lowest BCUT2D eigenvalue weighted by Gasteiger charge is -2.16. The minimum atomic E-state index is -0.740. The van der Waals surface area contributed by atoms with Gasteiger partial charge in [-0.2, -0.15) is 0 Å². The lowest BCUT2D eigenvalue weighted by atomic mass is 10.1. The predicted molar refractivity (Wildman–Crippen MR) is 71.5 cm³/mol. The minimum absolute atomic E-state index is 0.0463. The highest BCUT2D eigenvalue weighted by atomic mass is 19.1. The Hall–Kier alpha value is -2.50. The predicted octanol–water partition coefficient (Wildman–Crippen LogP) is 4.05. The zero-order valence-electron chi connectivity index (χ0n) is 10.6. The quantitative estimate of drug-likeness (QED) is 0.678. The van der Waals surface area contributed by atoms with E-state index in [1.807, 2.05) is 0 Å². The Kier molecular flexibility index (Phi) is 3.93. The third-order valence-electron chi connectivity index (χ3n) is 2.90. The van der Waals surface area contributed by atoms with Crippen molar-refractivity contribution in [2.45, 2.75) is 13.0 Å². The van der Waals surface area contributed by atoms with Gasteiger partial charge in [-0.05, 0) is 19.1 Å². The summed E-state index contributed by atoms with van der Waals surface area (Å²) in [7, 11) is 0. The highest BCUT2D eigenvalue weighted by molar-refractivity contribution is 5.50. The Balaban J connectivity index is 2.28. The molecule has 1 atom stereocenters. The largest absolute Gasteiger partial charge is 0.376 e. The van der Waals surface area contributed by atoms with Gasteiger partial charge in [-0.15, -0.1) is 0 Å². The van der Waals surface area contributed by atoms with Crippen molar-refractivity contribution >= 4 is 11.4 Å². The van der Waals surface area contributed by atoms with Gasteiger partial charge in [-0.25, -0.2) is 8.78 Å². The third kappa shape index (κ3) is 2.90. The van der Waals surface area contributed by atoms with E-state index in [1.165, 1.54) is 12.1 Å². The van der Waals surface area contributed by atoms with Crippen molar-refractivity contribution in [1.29, 1.82) is 0 Å². The first-order valence-electron chi connectivity index (χ1n) is 5.94. The second-order valence-corrected chi connectivity index (χ2v) is 4.31. The van der Waals surface area contributed by atoms with Gasteiger partial charge >= 0.3 is 0 Å². The number of nitrogens with zero attached hydrogens (tertiary/aromatic N) is 1. The van der Waals surface area contributed by atoms with Gasteiger partial charge in [0.15, 0.2) is 0 Å². The smallest absolute Gasteiger partial charge is 0.274 e. The van der Waals surface area contributed by atoms with E-state index in [0.717, 1.165) is 12.1 Å². The van der Waals surface area contributed by atoms with E-state index in [-0.39, 0.29) is 11.4 Å². The molecule has 0 saturated heterocycles. The number of rotatable bonds is 4. The minimum Gasteiger partial charge on any atom is -0.376 e. The number of hydrogen-bond donors (Lipinski definition) is 1. The molecule has 2 rings (SSSR count). The number of nitro benzene ring substituents is 1. The zero-order chi connectivity index (χ0) is 14.7. The Morgan fingerprint density at radius 3 is 2.55 bits per heavy atom. The van der Waals surface area contributed by atoms with Crippen LogP contribution in [0.1, 0.15) is 18.5 Å². The number of para-hydroxylation sites is 1. The lowest BCUT2D eigenvalue weighted by molar-refractivity contribution is -0.385. The molecule has 2 aromatic carbocycles. The zero-order valence-corrected chi connectivity index (χ0v) is 10.6. The molecule has 0 amide bonds. The maximum absolute atomic E-state index is 13.5. The summed E-state index contributed by atoms with van der Waals surface area (Å²) in [5, 5.41) is 13.7. The molecule has 0 radical (unpaired) electrons. The second-order valence-electron chi connectivity index (χ2n) is 4.31. The monoisotopic (exact) mass is 278 g/mol. The fourth-order valence-corrected chi connectivity index (χ4v) is 1.94. The molecule has 0 spiro atoms. The molecular formula is C14H12F2N2O2. The van der Waals surface area contributed by atoms with Crippen LogP contribution in [-0.2, 0) is 0 Å². The molecule has 0 heterocycles. The number of anilines is 1. The van der Waals surface area contributed by atoms with Gasteiger partial charge in [-0.1, -0.05) is 18.2 Å². The standard InChI is InChI=1S/C14H12F2N2O2/c1-9(11-4-2-3-5-14(11)18(19)20)17-13-7-6-10(15)8-12(13)16/h2-9,17H,1H3. The van der Waals surface area contributed by atoms with Crippen LogP contribution in [0.25, 0.3) is 0 Å². The van der Waals surface area contributed by atoms with E-state index < -0.39 is 22.6 Å². The Morgan fingerprint density at radius 2 is 1.90 bits per heavy atom. The fourth-order valence-electron chi connectivity index (χ4n) is 1.94. The normalized spacial score (nSPS) is 11.9. The van der Waals surface area contributed by atoms with E-state index in [4.69, 9.17) is 0 Å². The Bertz CT molecular complexity index is 647. The summed E-state index contributed by atoms with van der Waals surface area (Å²) in [4.78, 5) is 10.5. The molecular weight excluding hydrogens is 266 g/mol. The number of nitro groups is 1. The topological polar surface area (TPSA) is 55.2 Å². The SMILES string of the molecule is CC(Nc1ccc(F)cc1F)c1ccccc1[N+](=O)[O-]. The molecule has 20 heavy (non-hydrogen) atoms. The average molecular weight is 278 g/mol. The molecule has 1 unspecified atom stereocenters. The second kappa shape index (κ2) is 5.64. The van der Waals surface area contributed by atoms with E-state index in [0.29, 0.717) is 5.56 Å². The van der Waals surface area contributed by atoms with Crippen molar-refractivity contribution in [1.82, 2.24) is 0 Å². The summed E-state index contributed by atoms with van der Waals surface area (Å²) in [6, 6.07) is 8.86. The van der Waals surface area contributed by atoms with Gasteiger partial charge in [0, 0.05) is 12.1 Å². The van der Waals surface area contributed by atoms with Gasteiger partial charge < -0.3 is 5.32 Å². The molecule has 0 bridgehead atoms. The molecule has 0 aliphatic heterocycles. The summed E-state index contributed by atoms with van der Waals surface area (Å²) >= 11 is 0. The van der Waals surface area contributed by atoms with Gasteiger partial charge in [-0.3, -0.25) is 10.1 Å². The molecule has 2 aromatic rings. The summed E-state index contributed by atoms with van der Waals surface area (Å²) in [6.07, 6.45) is 0. The first-order chi connectivity index (χ1) is 9.49. The summed E-state index contributed by atoms with van der Waals surface area (Å²) < 4.78 is 26.4. The molecule has 0 fully saturated rings. The van der Waals surface area contributed by atoms with Gasteiger partial charge in [0.2, 0.25) is 0 Å². The van der Waals surface area contributed by atoms with Crippen molar-refractivity contribution in [2.24, 2.45) is 0 Å². The summed E-state index contributed by atoms with van der Waals surface area (Å²) in [5.74, 6) is -1.41. The molecule has 0 aromatic heterocycles. The number of hydrogen-bond acceptors (Lipinski definition) is 3. The van der Waals surface area contributed by atoms with Gasteiger partial charge in [0.25, 0.3) is 5.69 Å². The number of nitrogens with one attached hydrogen (secondary N) is 1. The van der Waals surface area contributed by atoms with Crippen molar-refractivity contribution < 1.29 is 13.7 Å². The maximum atomic E-state index is 13.5. The maximum Gasteiger partial charge on any atom is 0.274 e. The molecule has 4 nitrogen and oxygen atoms in total. The fraction of sp³-hybridized carbons (Fsp3) is 0.143. The molecule has 0 aliphatic carbocycles. The van der Waals surface area contributed by atoms with Crippen LogP contribution in [0, 0.1) is 21.7 Å². The van der Waals surface area contributed by atoms with E-state index in [1.54, 1.807) is 25.1 Å². The first-order valence-corrected chi connectivity index (χ1v) is 5.94. The molecule has 0 saturated carbocycles. The number of benzene rings is 2. The van der Waals surface area contributed by atoms with Crippen molar-refractivity contribution in [3.8, 4) is 0 Å². The van der Waals surface area contributed by atoms with Crippen LogP contribution in [0.2, 0.25) is 0 Å². The molecule has 1 N–H and O–H groups in total. The van der Waals surface area contributed by atoms with E-state index in [2.05, 4.69) is 5.32 Å². The molecule has 104 valence electrons. The Labute approximate surface area is 114 Å². The third-order valence-corrected chi connectivity index (χ3v) is 2.90. The van der Waals surface area contributed by atoms with Crippen LogP contribution in [0.3, 0.4) is 0 Å². The van der Waals surface area contributed by atoms with Crippen molar-refractivity contribution in [2.75, 3.05) is 5.32 Å². The van der Waals surface area contributed by atoms with Gasteiger partial charge in [0.1, 0.15) is 11.6 Å². The van der Waals surface area contributed by atoms with Crippen molar-refractivity contribution in [3.05, 3.63) is 69.8 Å². The lowest BCUT2D eigenvalue weighted by Crippen LogP contribution is -2.10. The average Bonchev–Trinajstić information content (AvgIpc) is 2.41. The first kappa shape index (κ1) is 13.9. The van der Waals surface area contributed by atoms with E-state index in [9.17, 15) is 18.9 Å². The van der Waals surface area contributed by atoms with Crippen LogP contribution in [0.15, 0.2) is 42.5 Å².